The van der Waals surface area contributed by atoms with Crippen molar-refractivity contribution in [3.63, 3.8) is 0 Å². The van der Waals surface area contributed by atoms with Gasteiger partial charge in [-0.25, -0.2) is 8.42 Å². The zero-order valence-electron chi connectivity index (χ0n) is 15.4. The lowest BCUT2D eigenvalue weighted by molar-refractivity contribution is -0.384. The number of rotatable bonds is 6. The fraction of sp³-hybridized carbons (Fsp3) is 0.529. The lowest BCUT2D eigenvalue weighted by atomic mass is 10.2. The fourth-order valence-electron chi connectivity index (χ4n) is 3.05. The molecule has 1 unspecified atom stereocenters. The van der Waals surface area contributed by atoms with Crippen LogP contribution in [0.1, 0.15) is 19.8 Å². The van der Waals surface area contributed by atoms with Crippen molar-refractivity contribution in [3.8, 4) is 0 Å². The summed E-state index contributed by atoms with van der Waals surface area (Å²) >= 11 is 0. The number of hydrogen-bond donors (Lipinski definition) is 1. The van der Waals surface area contributed by atoms with Gasteiger partial charge in [0.25, 0.3) is 5.69 Å². The molecule has 0 radical (unpaired) electrons. The molecule has 1 saturated carbocycles. The summed E-state index contributed by atoms with van der Waals surface area (Å²) in [7, 11) is -3.79. The van der Waals surface area contributed by atoms with E-state index < -0.39 is 21.0 Å². The Balaban J connectivity index is 1.58. The first-order chi connectivity index (χ1) is 13.2. The SMILES string of the molecule is CC(NC(=O)C1CC1)C(=O)N1CCN(S(=O)(=O)c2ccc([N+](=O)[O-])cc2)CC1. The second-order valence-electron chi connectivity index (χ2n) is 6.98. The molecule has 1 saturated heterocycles. The first-order valence-corrected chi connectivity index (χ1v) is 10.5. The molecule has 1 atom stereocenters. The third kappa shape index (κ3) is 4.30. The molecule has 10 nitrogen and oxygen atoms in total. The van der Waals surface area contributed by atoms with Gasteiger partial charge in [0.1, 0.15) is 6.04 Å². The minimum absolute atomic E-state index is 0.0129. The molecule has 2 amide bonds. The van der Waals surface area contributed by atoms with Crippen molar-refractivity contribution in [3.05, 3.63) is 34.4 Å². The van der Waals surface area contributed by atoms with Gasteiger partial charge >= 0.3 is 0 Å². The van der Waals surface area contributed by atoms with E-state index in [1.54, 1.807) is 11.8 Å². The van der Waals surface area contributed by atoms with Crippen LogP contribution in [-0.2, 0) is 19.6 Å². The van der Waals surface area contributed by atoms with Crippen LogP contribution in [0, 0.1) is 16.0 Å². The predicted molar refractivity (Wildman–Crippen MR) is 98.8 cm³/mol. The van der Waals surface area contributed by atoms with Crippen LogP contribution < -0.4 is 5.32 Å². The monoisotopic (exact) mass is 410 g/mol. The van der Waals surface area contributed by atoms with Crippen molar-refractivity contribution in [2.24, 2.45) is 5.92 Å². The van der Waals surface area contributed by atoms with Gasteiger partial charge in [0, 0.05) is 44.2 Å². The van der Waals surface area contributed by atoms with Gasteiger partial charge in [-0.3, -0.25) is 19.7 Å². The number of amides is 2. The Morgan fingerprint density at radius 3 is 2.21 bits per heavy atom. The van der Waals surface area contributed by atoms with Crippen molar-refractivity contribution in [2.45, 2.75) is 30.7 Å². The number of piperazine rings is 1. The Morgan fingerprint density at radius 1 is 1.14 bits per heavy atom. The number of nitrogens with one attached hydrogen (secondary N) is 1. The summed E-state index contributed by atoms with van der Waals surface area (Å²) in [5.74, 6) is -0.333. The summed E-state index contributed by atoms with van der Waals surface area (Å²) in [6, 6.07) is 4.07. The first-order valence-electron chi connectivity index (χ1n) is 9.04. The van der Waals surface area contributed by atoms with Gasteiger partial charge in [-0.1, -0.05) is 0 Å². The van der Waals surface area contributed by atoms with E-state index in [1.807, 2.05) is 0 Å². The van der Waals surface area contributed by atoms with Crippen LogP contribution in [0.4, 0.5) is 5.69 Å². The number of nitro groups is 1. The average molecular weight is 410 g/mol. The lowest BCUT2D eigenvalue weighted by Crippen LogP contribution is -2.55. The fourth-order valence-corrected chi connectivity index (χ4v) is 4.47. The minimum atomic E-state index is -3.79. The topological polar surface area (TPSA) is 130 Å². The number of nitro benzene ring substituents is 1. The summed E-state index contributed by atoms with van der Waals surface area (Å²) < 4.78 is 26.7. The molecule has 1 heterocycles. The van der Waals surface area contributed by atoms with Gasteiger partial charge in [0.15, 0.2) is 0 Å². The molecule has 11 heteroatoms. The maximum Gasteiger partial charge on any atom is 0.269 e. The third-order valence-electron chi connectivity index (χ3n) is 4.91. The average Bonchev–Trinajstić information content (AvgIpc) is 3.53. The van der Waals surface area contributed by atoms with Gasteiger partial charge in [-0.15, -0.1) is 0 Å². The second kappa shape index (κ2) is 7.84. The van der Waals surface area contributed by atoms with E-state index in [0.29, 0.717) is 0 Å². The second-order valence-corrected chi connectivity index (χ2v) is 8.92. The zero-order valence-corrected chi connectivity index (χ0v) is 16.2. The molecule has 1 aliphatic heterocycles. The van der Waals surface area contributed by atoms with E-state index in [-0.39, 0.29) is 54.5 Å². The Labute approximate surface area is 162 Å². The number of sulfonamides is 1. The number of carbonyl (C=O) groups is 2. The van der Waals surface area contributed by atoms with E-state index >= 15 is 0 Å². The summed E-state index contributed by atoms with van der Waals surface area (Å²) in [6.07, 6.45) is 1.71. The van der Waals surface area contributed by atoms with Crippen LogP contribution in [0.5, 0.6) is 0 Å². The smallest absolute Gasteiger partial charge is 0.269 e. The Morgan fingerprint density at radius 2 is 1.71 bits per heavy atom. The van der Waals surface area contributed by atoms with E-state index in [4.69, 9.17) is 0 Å². The van der Waals surface area contributed by atoms with Crippen molar-refractivity contribution in [2.75, 3.05) is 26.2 Å². The molecule has 2 aliphatic rings. The molecule has 152 valence electrons. The summed E-state index contributed by atoms with van der Waals surface area (Å²) in [5.41, 5.74) is -0.184. The summed E-state index contributed by atoms with van der Waals surface area (Å²) in [6.45, 7) is 2.30. The van der Waals surface area contributed by atoms with Gasteiger partial charge in [0.05, 0.1) is 9.82 Å². The highest BCUT2D eigenvalue weighted by molar-refractivity contribution is 7.89. The maximum atomic E-state index is 12.7. The molecular weight excluding hydrogens is 388 g/mol. The molecule has 1 aliphatic carbocycles. The molecule has 28 heavy (non-hydrogen) atoms. The third-order valence-corrected chi connectivity index (χ3v) is 6.83. The van der Waals surface area contributed by atoms with Crippen LogP contribution in [0.15, 0.2) is 29.2 Å². The van der Waals surface area contributed by atoms with Crippen LogP contribution in [0.3, 0.4) is 0 Å². The van der Waals surface area contributed by atoms with Crippen molar-refractivity contribution < 1.29 is 22.9 Å². The van der Waals surface area contributed by atoms with Gasteiger partial charge in [-0.2, -0.15) is 4.31 Å². The van der Waals surface area contributed by atoms with Crippen LogP contribution in [0.25, 0.3) is 0 Å². The van der Waals surface area contributed by atoms with Gasteiger partial charge in [-0.05, 0) is 31.9 Å². The van der Waals surface area contributed by atoms with E-state index in [1.165, 1.54) is 16.4 Å². The summed E-state index contributed by atoms with van der Waals surface area (Å²) in [4.78, 5) is 35.9. The molecule has 0 bridgehead atoms. The molecule has 2 fully saturated rings. The van der Waals surface area contributed by atoms with E-state index in [0.717, 1.165) is 25.0 Å². The summed E-state index contributed by atoms with van der Waals surface area (Å²) in [5, 5.41) is 13.4. The highest BCUT2D eigenvalue weighted by atomic mass is 32.2. The van der Waals surface area contributed by atoms with E-state index in [9.17, 15) is 28.1 Å². The van der Waals surface area contributed by atoms with Gasteiger partial charge < -0.3 is 10.2 Å². The number of non-ortho nitro benzene ring substituents is 1. The van der Waals surface area contributed by atoms with Crippen LogP contribution in [0.2, 0.25) is 0 Å². The van der Waals surface area contributed by atoms with Crippen molar-refractivity contribution in [1.29, 1.82) is 0 Å². The Hall–Kier alpha value is -2.53. The molecule has 3 rings (SSSR count). The molecule has 0 aromatic heterocycles. The molecule has 1 aromatic carbocycles. The normalized spacial score (nSPS) is 19.1. The lowest BCUT2D eigenvalue weighted by Gasteiger charge is -2.35. The largest absolute Gasteiger partial charge is 0.344 e. The maximum absolute atomic E-state index is 12.7. The number of benzene rings is 1. The van der Waals surface area contributed by atoms with Crippen LogP contribution in [-0.4, -0.2) is 66.6 Å². The zero-order chi connectivity index (χ0) is 20.5. The number of nitrogens with zero attached hydrogens (tertiary/aromatic N) is 3. The molecule has 1 aromatic rings. The highest BCUT2D eigenvalue weighted by Crippen LogP contribution is 2.29. The van der Waals surface area contributed by atoms with Crippen LogP contribution >= 0.6 is 0 Å². The van der Waals surface area contributed by atoms with E-state index in [2.05, 4.69) is 5.32 Å². The number of hydrogen-bond acceptors (Lipinski definition) is 6. The molecule has 0 spiro atoms. The molecule has 1 N–H and O–H groups in total. The van der Waals surface area contributed by atoms with Gasteiger partial charge in [0.2, 0.25) is 21.8 Å². The minimum Gasteiger partial charge on any atom is -0.344 e. The number of carbonyl (C=O) groups excluding carboxylic acids is 2. The Bertz CT molecular complexity index is 873. The Kier molecular flexibility index (Phi) is 5.66. The van der Waals surface area contributed by atoms with Crippen molar-refractivity contribution in [1.82, 2.24) is 14.5 Å². The standard InChI is InChI=1S/C17H22N4O6S/c1-12(18-16(22)13-2-3-13)17(23)19-8-10-20(11-9-19)28(26,27)15-6-4-14(5-7-15)21(24)25/h4-7,12-13H,2-3,8-11H2,1H3,(H,18,22). The predicted octanol–water partition coefficient (Wildman–Crippen LogP) is 0.342. The van der Waals surface area contributed by atoms with Crippen molar-refractivity contribution >= 4 is 27.5 Å². The molecular formula is C17H22N4O6S. The highest BCUT2D eigenvalue weighted by Gasteiger charge is 2.34. The first kappa shape index (κ1) is 20.2. The quantitative estimate of drug-likeness (QED) is 0.532.